The minimum atomic E-state index is 0.750. The average Bonchev–Trinajstić information content (AvgIpc) is 2.34. The Morgan fingerprint density at radius 1 is 1.22 bits per heavy atom. The molecule has 0 heterocycles. The first kappa shape index (κ1) is 15.9. The van der Waals surface area contributed by atoms with Gasteiger partial charge in [-0.05, 0) is 49.2 Å². The fraction of sp³-hybridized carbons (Fsp3) is 0.600. The number of thioether (sulfide) groups is 1. The van der Waals surface area contributed by atoms with E-state index in [1.165, 1.54) is 24.2 Å². The zero-order chi connectivity index (χ0) is 13.2. The topological polar surface area (TPSA) is 12.0 Å². The second-order valence-electron chi connectivity index (χ2n) is 4.95. The number of benzene rings is 1. The van der Waals surface area contributed by atoms with E-state index >= 15 is 0 Å². The number of hydrogen-bond donors (Lipinski definition) is 1. The van der Waals surface area contributed by atoms with Crippen LogP contribution in [0.1, 0.15) is 32.3 Å². The lowest BCUT2D eigenvalue weighted by Crippen LogP contribution is -2.20. The highest BCUT2D eigenvalue weighted by molar-refractivity contribution is 7.98. The molecule has 0 radical (unpaired) electrons. The van der Waals surface area contributed by atoms with Crippen molar-refractivity contribution in [3.8, 4) is 0 Å². The zero-order valence-corrected chi connectivity index (χ0v) is 13.0. The molecule has 102 valence electrons. The molecule has 18 heavy (non-hydrogen) atoms. The Morgan fingerprint density at radius 3 is 2.72 bits per heavy atom. The van der Waals surface area contributed by atoms with Crippen molar-refractivity contribution >= 4 is 23.4 Å². The van der Waals surface area contributed by atoms with Gasteiger partial charge in [-0.25, -0.2) is 0 Å². The van der Waals surface area contributed by atoms with E-state index in [2.05, 4.69) is 31.3 Å². The SMILES string of the molecule is CC(C)CNCCCCSCc1ccccc1Cl. The highest BCUT2D eigenvalue weighted by atomic mass is 35.5. The first-order chi connectivity index (χ1) is 8.70. The molecule has 1 rings (SSSR count). The van der Waals surface area contributed by atoms with Gasteiger partial charge in [-0.15, -0.1) is 0 Å². The fourth-order valence-corrected chi connectivity index (χ4v) is 2.95. The van der Waals surface area contributed by atoms with E-state index in [0.29, 0.717) is 0 Å². The van der Waals surface area contributed by atoms with Gasteiger partial charge in [-0.2, -0.15) is 11.8 Å². The third-order valence-corrected chi connectivity index (χ3v) is 4.12. The zero-order valence-electron chi connectivity index (χ0n) is 11.4. The molecule has 0 bridgehead atoms. The first-order valence-electron chi connectivity index (χ1n) is 6.72. The minimum Gasteiger partial charge on any atom is -0.316 e. The van der Waals surface area contributed by atoms with Crippen LogP contribution < -0.4 is 5.32 Å². The van der Waals surface area contributed by atoms with Crippen LogP contribution in [0.25, 0.3) is 0 Å². The van der Waals surface area contributed by atoms with Crippen molar-refractivity contribution in [2.45, 2.75) is 32.4 Å². The van der Waals surface area contributed by atoms with Crippen molar-refractivity contribution < 1.29 is 0 Å². The molecule has 0 aliphatic carbocycles. The molecule has 0 spiro atoms. The molecule has 0 atom stereocenters. The Kier molecular flexibility index (Phi) is 8.57. The second kappa shape index (κ2) is 9.71. The van der Waals surface area contributed by atoms with Gasteiger partial charge < -0.3 is 5.32 Å². The predicted molar refractivity (Wildman–Crippen MR) is 84.6 cm³/mol. The molecule has 0 saturated carbocycles. The molecule has 1 nitrogen and oxygen atoms in total. The summed E-state index contributed by atoms with van der Waals surface area (Å²) in [5.41, 5.74) is 1.25. The molecule has 1 aromatic rings. The first-order valence-corrected chi connectivity index (χ1v) is 8.25. The summed E-state index contributed by atoms with van der Waals surface area (Å²) in [6.45, 7) is 6.76. The van der Waals surface area contributed by atoms with Crippen LogP contribution in [0.15, 0.2) is 24.3 Å². The van der Waals surface area contributed by atoms with Crippen molar-refractivity contribution in [2.24, 2.45) is 5.92 Å². The van der Waals surface area contributed by atoms with Crippen molar-refractivity contribution in [1.82, 2.24) is 5.32 Å². The van der Waals surface area contributed by atoms with Gasteiger partial charge in [0.1, 0.15) is 0 Å². The molecule has 0 aliphatic rings. The molecule has 0 aromatic heterocycles. The van der Waals surface area contributed by atoms with Gasteiger partial charge in [-0.3, -0.25) is 0 Å². The number of unbranched alkanes of at least 4 members (excludes halogenated alkanes) is 1. The number of nitrogens with one attached hydrogen (secondary N) is 1. The van der Waals surface area contributed by atoms with Crippen molar-refractivity contribution in [1.29, 1.82) is 0 Å². The van der Waals surface area contributed by atoms with Crippen LogP contribution in [0.4, 0.5) is 0 Å². The molecular formula is C15H24ClNS. The number of hydrogen-bond acceptors (Lipinski definition) is 2. The molecule has 1 N–H and O–H groups in total. The van der Waals surface area contributed by atoms with E-state index in [4.69, 9.17) is 11.6 Å². The van der Waals surface area contributed by atoms with Crippen molar-refractivity contribution in [3.05, 3.63) is 34.9 Å². The smallest absolute Gasteiger partial charge is 0.0446 e. The molecular weight excluding hydrogens is 262 g/mol. The van der Waals surface area contributed by atoms with Crippen LogP contribution in [-0.2, 0) is 5.75 Å². The summed E-state index contributed by atoms with van der Waals surface area (Å²) in [6.07, 6.45) is 2.54. The summed E-state index contributed by atoms with van der Waals surface area (Å²) in [5.74, 6) is 2.99. The van der Waals surface area contributed by atoms with Crippen molar-refractivity contribution in [2.75, 3.05) is 18.8 Å². The van der Waals surface area contributed by atoms with Gasteiger partial charge in [0.2, 0.25) is 0 Å². The van der Waals surface area contributed by atoms with E-state index in [1.54, 1.807) is 0 Å². The predicted octanol–water partition coefficient (Wildman–Crippen LogP) is 4.60. The van der Waals surface area contributed by atoms with Gasteiger partial charge in [0, 0.05) is 10.8 Å². The van der Waals surface area contributed by atoms with E-state index in [9.17, 15) is 0 Å². The number of halogens is 1. The summed E-state index contributed by atoms with van der Waals surface area (Å²) in [5, 5.41) is 4.36. The highest BCUT2D eigenvalue weighted by Gasteiger charge is 1.99. The quantitative estimate of drug-likeness (QED) is 0.666. The van der Waals surface area contributed by atoms with Crippen molar-refractivity contribution in [3.63, 3.8) is 0 Å². The lowest BCUT2D eigenvalue weighted by Gasteiger charge is -2.07. The standard InChI is InChI=1S/C15H24ClNS/c1-13(2)11-17-9-5-6-10-18-12-14-7-3-4-8-15(14)16/h3-4,7-8,13,17H,5-6,9-12H2,1-2H3. The monoisotopic (exact) mass is 285 g/mol. The molecule has 1 aromatic carbocycles. The van der Waals surface area contributed by atoms with Gasteiger partial charge in [0.25, 0.3) is 0 Å². The van der Waals surface area contributed by atoms with Gasteiger partial charge in [-0.1, -0.05) is 43.6 Å². The number of rotatable bonds is 9. The van der Waals surface area contributed by atoms with Gasteiger partial charge in [0.05, 0.1) is 0 Å². The Bertz CT molecular complexity index is 328. The third kappa shape index (κ3) is 7.30. The average molecular weight is 286 g/mol. The molecule has 0 unspecified atom stereocenters. The summed E-state index contributed by atoms with van der Waals surface area (Å²) < 4.78 is 0. The maximum atomic E-state index is 6.11. The Labute approximate surface area is 121 Å². The van der Waals surface area contributed by atoms with Crippen LogP contribution in [0.3, 0.4) is 0 Å². The van der Waals surface area contributed by atoms with Crippen LogP contribution in [0.5, 0.6) is 0 Å². The molecule has 3 heteroatoms. The van der Waals surface area contributed by atoms with Crippen LogP contribution in [0.2, 0.25) is 5.02 Å². The van der Waals surface area contributed by atoms with Crippen LogP contribution in [0, 0.1) is 5.92 Å². The Balaban J connectivity index is 1.98. The fourth-order valence-electron chi connectivity index (χ4n) is 1.64. The molecule has 0 aliphatic heterocycles. The van der Waals surface area contributed by atoms with E-state index in [0.717, 1.165) is 29.8 Å². The third-order valence-electron chi connectivity index (χ3n) is 2.66. The normalized spacial score (nSPS) is 11.1. The summed E-state index contributed by atoms with van der Waals surface area (Å²) in [7, 11) is 0. The van der Waals surface area contributed by atoms with Crippen LogP contribution >= 0.6 is 23.4 Å². The highest BCUT2D eigenvalue weighted by Crippen LogP contribution is 2.21. The van der Waals surface area contributed by atoms with E-state index in [-0.39, 0.29) is 0 Å². The second-order valence-corrected chi connectivity index (χ2v) is 6.46. The van der Waals surface area contributed by atoms with Crippen LogP contribution in [-0.4, -0.2) is 18.8 Å². The maximum Gasteiger partial charge on any atom is 0.0446 e. The lowest BCUT2D eigenvalue weighted by molar-refractivity contribution is 0.541. The molecule has 0 saturated heterocycles. The summed E-state index contributed by atoms with van der Waals surface area (Å²) in [6, 6.07) is 8.11. The molecule has 0 fully saturated rings. The Morgan fingerprint density at radius 2 is 2.00 bits per heavy atom. The van der Waals surface area contributed by atoms with Gasteiger partial charge in [0.15, 0.2) is 0 Å². The largest absolute Gasteiger partial charge is 0.316 e. The summed E-state index contributed by atoms with van der Waals surface area (Å²) in [4.78, 5) is 0. The van der Waals surface area contributed by atoms with Gasteiger partial charge >= 0.3 is 0 Å². The minimum absolute atomic E-state index is 0.750. The maximum absolute atomic E-state index is 6.11. The van der Waals surface area contributed by atoms with E-state index in [1.807, 2.05) is 23.9 Å². The Hall–Kier alpha value is -0.180. The lowest BCUT2D eigenvalue weighted by atomic mass is 10.2. The molecule has 0 amide bonds. The summed E-state index contributed by atoms with van der Waals surface area (Å²) >= 11 is 8.08. The van der Waals surface area contributed by atoms with E-state index < -0.39 is 0 Å².